The quantitative estimate of drug-likeness (QED) is 0.942. The third-order valence-electron chi connectivity index (χ3n) is 5.01. The number of rotatable bonds is 4. The zero-order valence-corrected chi connectivity index (χ0v) is 12.6. The molecule has 22 heavy (non-hydrogen) atoms. The first-order valence-electron chi connectivity index (χ1n) is 8.00. The largest absolute Gasteiger partial charge is 0.307 e. The monoisotopic (exact) mass is 292 g/mol. The van der Waals surface area contributed by atoms with E-state index in [4.69, 9.17) is 0 Å². The van der Waals surface area contributed by atoms with E-state index in [1.54, 1.807) is 6.20 Å². The fourth-order valence-corrected chi connectivity index (χ4v) is 3.42. The van der Waals surface area contributed by atoms with Crippen LogP contribution in [0.25, 0.3) is 11.1 Å². The number of hydrogen-bond donors (Lipinski definition) is 1. The van der Waals surface area contributed by atoms with Gasteiger partial charge in [0.25, 0.3) is 0 Å². The third-order valence-corrected chi connectivity index (χ3v) is 5.01. The Morgan fingerprint density at radius 3 is 2.82 bits per heavy atom. The second kappa shape index (κ2) is 5.33. The summed E-state index contributed by atoms with van der Waals surface area (Å²) < 4.78 is 0. The first-order chi connectivity index (χ1) is 10.7. The molecule has 2 aliphatic rings. The molecule has 1 spiro atoms. The zero-order valence-electron chi connectivity index (χ0n) is 12.6. The van der Waals surface area contributed by atoms with Crippen molar-refractivity contribution in [1.29, 1.82) is 0 Å². The van der Waals surface area contributed by atoms with Crippen LogP contribution in [0.15, 0.2) is 48.8 Å². The Morgan fingerprint density at radius 2 is 2.09 bits per heavy atom. The summed E-state index contributed by atoms with van der Waals surface area (Å²) in [5.74, 6) is 0.326. The van der Waals surface area contributed by atoms with Gasteiger partial charge in [-0.2, -0.15) is 0 Å². The molecule has 1 N–H and O–H groups in total. The molecule has 0 radical (unpaired) electrons. The summed E-state index contributed by atoms with van der Waals surface area (Å²) in [6, 6.07) is 12.3. The van der Waals surface area contributed by atoms with Crippen LogP contribution in [0.5, 0.6) is 0 Å². The minimum absolute atomic E-state index is 0.0598. The third kappa shape index (κ3) is 2.69. The van der Waals surface area contributed by atoms with Crippen molar-refractivity contribution in [2.45, 2.75) is 31.7 Å². The Bertz CT molecular complexity index is 692. The maximum absolute atomic E-state index is 12.5. The van der Waals surface area contributed by atoms with E-state index in [0.29, 0.717) is 17.6 Å². The Labute approximate surface area is 130 Å². The van der Waals surface area contributed by atoms with Crippen molar-refractivity contribution in [3.05, 3.63) is 54.4 Å². The molecule has 1 saturated carbocycles. The number of benzene rings is 1. The molecule has 1 atom stereocenters. The van der Waals surface area contributed by atoms with E-state index in [1.165, 1.54) is 12.8 Å². The molecule has 3 nitrogen and oxygen atoms in total. The predicted octanol–water partition coefficient (Wildman–Crippen LogP) is 3.00. The van der Waals surface area contributed by atoms with Crippen molar-refractivity contribution in [2.24, 2.45) is 5.41 Å². The molecule has 4 rings (SSSR count). The number of hydrogen-bond acceptors (Lipinski definition) is 3. The van der Waals surface area contributed by atoms with Crippen LogP contribution < -0.4 is 5.32 Å². The Hall–Kier alpha value is -2.00. The van der Waals surface area contributed by atoms with Gasteiger partial charge in [-0.05, 0) is 47.4 Å². The maximum atomic E-state index is 12.5. The normalized spacial score (nSPS) is 21.9. The van der Waals surface area contributed by atoms with Crippen molar-refractivity contribution >= 4 is 5.78 Å². The lowest BCUT2D eigenvalue weighted by Gasteiger charge is -2.10. The first kappa shape index (κ1) is 13.6. The second-order valence-corrected chi connectivity index (χ2v) is 6.72. The van der Waals surface area contributed by atoms with Gasteiger partial charge in [-0.25, -0.2) is 0 Å². The van der Waals surface area contributed by atoms with Crippen LogP contribution in [0.3, 0.4) is 0 Å². The first-order valence-corrected chi connectivity index (χ1v) is 8.00. The van der Waals surface area contributed by atoms with Crippen LogP contribution in [0, 0.1) is 5.41 Å². The van der Waals surface area contributed by atoms with E-state index in [-0.39, 0.29) is 6.04 Å². The topological polar surface area (TPSA) is 42.0 Å². The number of Topliss-reactive ketones (excluding diaryl/α,β-unsaturated/α-hetero) is 1. The summed E-state index contributed by atoms with van der Waals surface area (Å²) in [4.78, 5) is 16.7. The van der Waals surface area contributed by atoms with E-state index < -0.39 is 0 Å². The lowest BCUT2D eigenvalue weighted by atomic mass is 9.96. The standard InChI is InChI=1S/C19H20N2O/c22-18(17-11-19(6-7-19)13-21-17)10-14-3-1-4-15(9-14)16-5-2-8-20-12-16/h1-5,8-9,12,17,21H,6-7,10-11,13H2/t17-/m0/s1. The molecule has 0 unspecified atom stereocenters. The van der Waals surface area contributed by atoms with Gasteiger partial charge in [0.05, 0.1) is 6.04 Å². The zero-order chi connectivity index (χ0) is 15.0. The lowest BCUT2D eigenvalue weighted by molar-refractivity contribution is -0.120. The van der Waals surface area contributed by atoms with Crippen molar-refractivity contribution in [3.63, 3.8) is 0 Å². The number of nitrogens with zero attached hydrogens (tertiary/aromatic N) is 1. The summed E-state index contributed by atoms with van der Waals surface area (Å²) >= 11 is 0. The van der Waals surface area contributed by atoms with Crippen LogP contribution in [0.1, 0.15) is 24.8 Å². The van der Waals surface area contributed by atoms with Gasteiger partial charge in [0.15, 0.2) is 5.78 Å². The van der Waals surface area contributed by atoms with Crippen molar-refractivity contribution in [3.8, 4) is 11.1 Å². The number of carbonyl (C=O) groups is 1. The number of carbonyl (C=O) groups excluding carboxylic acids is 1. The van der Waals surface area contributed by atoms with Crippen LogP contribution in [0.4, 0.5) is 0 Å². The van der Waals surface area contributed by atoms with Crippen LogP contribution >= 0.6 is 0 Å². The molecule has 1 aliphatic heterocycles. The average molecular weight is 292 g/mol. The van der Waals surface area contributed by atoms with E-state index in [2.05, 4.69) is 22.4 Å². The molecule has 1 saturated heterocycles. The second-order valence-electron chi connectivity index (χ2n) is 6.72. The van der Waals surface area contributed by atoms with Gasteiger partial charge in [0.2, 0.25) is 0 Å². The summed E-state index contributed by atoms with van der Waals surface area (Å²) in [7, 11) is 0. The minimum atomic E-state index is 0.0598. The Morgan fingerprint density at radius 1 is 1.23 bits per heavy atom. The van der Waals surface area contributed by atoms with Gasteiger partial charge in [-0.15, -0.1) is 0 Å². The highest BCUT2D eigenvalue weighted by atomic mass is 16.1. The van der Waals surface area contributed by atoms with E-state index in [1.807, 2.05) is 30.5 Å². The smallest absolute Gasteiger partial charge is 0.154 e. The van der Waals surface area contributed by atoms with Crippen LogP contribution in [-0.2, 0) is 11.2 Å². The molecular weight excluding hydrogens is 272 g/mol. The summed E-state index contributed by atoms with van der Waals surface area (Å²) in [6.45, 7) is 1.03. The molecular formula is C19H20N2O. The summed E-state index contributed by atoms with van der Waals surface area (Å²) in [6.07, 6.45) is 7.77. The minimum Gasteiger partial charge on any atom is -0.307 e. The van der Waals surface area contributed by atoms with Gasteiger partial charge >= 0.3 is 0 Å². The SMILES string of the molecule is O=C(Cc1cccc(-c2cccnc2)c1)[C@@H]1CC2(CC2)CN1. The van der Waals surface area contributed by atoms with Crippen LogP contribution in [-0.4, -0.2) is 23.4 Å². The highest BCUT2D eigenvalue weighted by molar-refractivity contribution is 5.87. The highest BCUT2D eigenvalue weighted by Crippen LogP contribution is 2.51. The Balaban J connectivity index is 1.48. The molecule has 0 bridgehead atoms. The fourth-order valence-electron chi connectivity index (χ4n) is 3.42. The van der Waals surface area contributed by atoms with Crippen molar-refractivity contribution in [2.75, 3.05) is 6.54 Å². The fraction of sp³-hybridized carbons (Fsp3) is 0.368. The van der Waals surface area contributed by atoms with Crippen LogP contribution in [0.2, 0.25) is 0 Å². The Kier molecular flexibility index (Phi) is 3.30. The van der Waals surface area contributed by atoms with E-state index >= 15 is 0 Å². The predicted molar refractivity (Wildman–Crippen MR) is 86.5 cm³/mol. The van der Waals surface area contributed by atoms with Crippen molar-refractivity contribution < 1.29 is 4.79 Å². The summed E-state index contributed by atoms with van der Waals surface area (Å²) in [5, 5.41) is 3.42. The maximum Gasteiger partial charge on any atom is 0.154 e. The molecule has 2 heterocycles. The molecule has 0 amide bonds. The number of aromatic nitrogens is 1. The van der Waals surface area contributed by atoms with Gasteiger partial charge in [-0.3, -0.25) is 9.78 Å². The number of ketones is 1. The molecule has 1 aliphatic carbocycles. The van der Waals surface area contributed by atoms with Gasteiger partial charge in [0, 0.05) is 25.4 Å². The van der Waals surface area contributed by atoms with Gasteiger partial charge < -0.3 is 5.32 Å². The number of nitrogens with one attached hydrogen (secondary N) is 1. The highest BCUT2D eigenvalue weighted by Gasteiger charge is 2.49. The summed E-state index contributed by atoms with van der Waals surface area (Å²) in [5.41, 5.74) is 3.77. The van der Waals surface area contributed by atoms with Crippen molar-refractivity contribution in [1.82, 2.24) is 10.3 Å². The van der Waals surface area contributed by atoms with Gasteiger partial charge in [0.1, 0.15) is 0 Å². The molecule has 112 valence electrons. The average Bonchev–Trinajstić information content (AvgIpc) is 3.17. The molecule has 3 heteroatoms. The molecule has 1 aromatic heterocycles. The molecule has 2 fully saturated rings. The molecule has 2 aromatic rings. The molecule has 1 aromatic carbocycles. The number of pyridine rings is 1. The lowest BCUT2D eigenvalue weighted by Crippen LogP contribution is -2.31. The van der Waals surface area contributed by atoms with E-state index in [0.717, 1.165) is 29.7 Å². The van der Waals surface area contributed by atoms with E-state index in [9.17, 15) is 4.79 Å². The van der Waals surface area contributed by atoms with Gasteiger partial charge in [-0.1, -0.05) is 30.3 Å².